The summed E-state index contributed by atoms with van der Waals surface area (Å²) in [5.41, 5.74) is 0.0106. The average Bonchev–Trinajstić information content (AvgIpc) is 2.92. The number of aromatic nitrogens is 2. The molecule has 1 atom stereocenters. The molecule has 7 nitrogen and oxygen atoms in total. The third kappa shape index (κ3) is 3.41. The first-order valence-corrected chi connectivity index (χ1v) is 8.08. The van der Waals surface area contributed by atoms with E-state index >= 15 is 0 Å². The number of nitrogens with zero attached hydrogens (tertiary/aromatic N) is 3. The van der Waals surface area contributed by atoms with E-state index in [1.165, 1.54) is 0 Å². The zero-order valence-electron chi connectivity index (χ0n) is 14.0. The molecule has 0 saturated carbocycles. The predicted octanol–water partition coefficient (Wildman–Crippen LogP) is 1.45. The van der Waals surface area contributed by atoms with Crippen molar-refractivity contribution in [1.82, 2.24) is 15.5 Å². The van der Waals surface area contributed by atoms with Crippen LogP contribution in [0.15, 0.2) is 28.9 Å². The zero-order chi connectivity index (χ0) is 17.2. The van der Waals surface area contributed by atoms with Gasteiger partial charge < -0.3 is 19.8 Å². The fourth-order valence-corrected chi connectivity index (χ4v) is 3.13. The van der Waals surface area contributed by atoms with E-state index in [1.54, 1.807) is 20.0 Å². The van der Waals surface area contributed by atoms with E-state index in [-0.39, 0.29) is 12.5 Å². The lowest BCUT2D eigenvalue weighted by Gasteiger charge is -2.39. The maximum atomic E-state index is 12.3. The fourth-order valence-electron chi connectivity index (χ4n) is 3.13. The topological polar surface area (TPSA) is 91.5 Å². The molecule has 1 saturated heterocycles. The molecule has 1 aliphatic rings. The molecule has 0 aliphatic carbocycles. The van der Waals surface area contributed by atoms with Crippen molar-refractivity contribution in [2.24, 2.45) is 0 Å². The first-order valence-electron chi connectivity index (χ1n) is 8.08. The van der Waals surface area contributed by atoms with Gasteiger partial charge in [0.25, 0.3) is 5.91 Å². The Morgan fingerprint density at radius 2 is 2.29 bits per heavy atom. The van der Waals surface area contributed by atoms with Crippen LogP contribution in [0.2, 0.25) is 0 Å². The molecule has 3 rings (SSSR count). The lowest BCUT2D eigenvalue weighted by Crippen LogP contribution is -2.54. The molecule has 2 aromatic heterocycles. The number of piperidine rings is 1. The molecule has 0 bridgehead atoms. The van der Waals surface area contributed by atoms with Crippen molar-refractivity contribution in [1.29, 1.82) is 0 Å². The molecule has 1 fully saturated rings. The Bertz CT molecular complexity index is 696. The van der Waals surface area contributed by atoms with Crippen LogP contribution in [0.3, 0.4) is 0 Å². The number of aryl methyl sites for hydroxylation is 2. The minimum absolute atomic E-state index is 0.180. The van der Waals surface area contributed by atoms with Gasteiger partial charge in [-0.2, -0.15) is 0 Å². The number of amides is 1. The van der Waals surface area contributed by atoms with E-state index in [4.69, 9.17) is 4.52 Å². The van der Waals surface area contributed by atoms with E-state index in [0.29, 0.717) is 30.0 Å². The first-order chi connectivity index (χ1) is 11.5. The highest BCUT2D eigenvalue weighted by atomic mass is 16.5. The van der Waals surface area contributed by atoms with Crippen molar-refractivity contribution in [3.63, 3.8) is 0 Å². The number of anilines is 1. The van der Waals surface area contributed by atoms with E-state index in [0.717, 1.165) is 18.8 Å². The third-order valence-corrected chi connectivity index (χ3v) is 4.37. The monoisotopic (exact) mass is 330 g/mol. The molecule has 0 unspecified atom stereocenters. The number of hydrogen-bond donors (Lipinski definition) is 2. The van der Waals surface area contributed by atoms with Gasteiger partial charge >= 0.3 is 0 Å². The van der Waals surface area contributed by atoms with Crippen LogP contribution in [-0.2, 0) is 0 Å². The molecular formula is C17H22N4O3. The number of carbonyl (C=O) groups is 1. The second-order valence-electron chi connectivity index (χ2n) is 6.32. The Labute approximate surface area is 140 Å². The van der Waals surface area contributed by atoms with Crippen molar-refractivity contribution in [2.75, 3.05) is 24.5 Å². The summed E-state index contributed by atoms with van der Waals surface area (Å²) in [5, 5.41) is 17.5. The van der Waals surface area contributed by atoms with Gasteiger partial charge in [-0.05, 0) is 38.8 Å². The van der Waals surface area contributed by atoms with Crippen LogP contribution < -0.4 is 10.2 Å². The molecule has 128 valence electrons. The summed E-state index contributed by atoms with van der Waals surface area (Å²) in [7, 11) is 0. The van der Waals surface area contributed by atoms with Gasteiger partial charge in [0.2, 0.25) is 0 Å². The van der Waals surface area contributed by atoms with E-state index in [9.17, 15) is 9.90 Å². The Kier molecular flexibility index (Phi) is 4.53. The molecule has 1 amide bonds. The van der Waals surface area contributed by atoms with Crippen LogP contribution >= 0.6 is 0 Å². The van der Waals surface area contributed by atoms with Gasteiger partial charge in [0, 0.05) is 25.8 Å². The largest absolute Gasteiger partial charge is 0.386 e. The SMILES string of the molecule is Cc1noc(C)c1C(=O)NC[C@]1(O)CCCN(c2ccccn2)C1. The average molecular weight is 330 g/mol. The van der Waals surface area contributed by atoms with Gasteiger partial charge in [0.1, 0.15) is 17.1 Å². The van der Waals surface area contributed by atoms with Crippen molar-refractivity contribution in [3.8, 4) is 0 Å². The van der Waals surface area contributed by atoms with Gasteiger partial charge in [-0.15, -0.1) is 0 Å². The highest BCUT2D eigenvalue weighted by Crippen LogP contribution is 2.24. The molecule has 24 heavy (non-hydrogen) atoms. The Balaban J connectivity index is 1.65. The Morgan fingerprint density at radius 3 is 2.96 bits per heavy atom. The highest BCUT2D eigenvalue weighted by Gasteiger charge is 2.34. The molecule has 2 N–H and O–H groups in total. The number of nitrogens with one attached hydrogen (secondary N) is 1. The number of carbonyl (C=O) groups excluding carboxylic acids is 1. The molecular weight excluding hydrogens is 308 g/mol. The Hall–Kier alpha value is -2.41. The summed E-state index contributed by atoms with van der Waals surface area (Å²) in [6.45, 7) is 4.89. The number of aliphatic hydroxyl groups is 1. The van der Waals surface area contributed by atoms with E-state index in [2.05, 4.69) is 15.5 Å². The summed E-state index contributed by atoms with van der Waals surface area (Å²) < 4.78 is 5.02. The summed E-state index contributed by atoms with van der Waals surface area (Å²) in [6, 6.07) is 5.72. The number of β-amino-alcohol motifs (C(OH)–C–C–N with tert-alkyl or cyclic N) is 1. The number of hydrogen-bond acceptors (Lipinski definition) is 6. The zero-order valence-corrected chi connectivity index (χ0v) is 14.0. The van der Waals surface area contributed by atoms with Crippen molar-refractivity contribution >= 4 is 11.7 Å². The number of rotatable bonds is 4. The second kappa shape index (κ2) is 6.60. The number of pyridine rings is 1. The maximum Gasteiger partial charge on any atom is 0.256 e. The van der Waals surface area contributed by atoms with Gasteiger partial charge in [-0.1, -0.05) is 11.2 Å². The predicted molar refractivity (Wildman–Crippen MR) is 88.9 cm³/mol. The maximum absolute atomic E-state index is 12.3. The van der Waals surface area contributed by atoms with Gasteiger partial charge in [0.15, 0.2) is 0 Å². The van der Waals surface area contributed by atoms with Crippen LogP contribution in [0.5, 0.6) is 0 Å². The quantitative estimate of drug-likeness (QED) is 0.881. The van der Waals surface area contributed by atoms with Gasteiger partial charge in [0.05, 0.1) is 11.3 Å². The summed E-state index contributed by atoms with van der Waals surface area (Å²) in [6.07, 6.45) is 3.22. The molecule has 7 heteroatoms. The molecule has 0 aromatic carbocycles. The Morgan fingerprint density at radius 1 is 1.46 bits per heavy atom. The van der Waals surface area contributed by atoms with Crippen molar-refractivity contribution in [2.45, 2.75) is 32.3 Å². The minimum Gasteiger partial charge on any atom is -0.386 e. The third-order valence-electron chi connectivity index (χ3n) is 4.37. The smallest absolute Gasteiger partial charge is 0.256 e. The van der Waals surface area contributed by atoms with Crippen molar-refractivity contribution < 1.29 is 14.4 Å². The lowest BCUT2D eigenvalue weighted by atomic mass is 9.92. The molecule has 1 aliphatic heterocycles. The lowest BCUT2D eigenvalue weighted by molar-refractivity contribution is 0.0254. The first kappa shape index (κ1) is 16.4. The highest BCUT2D eigenvalue weighted by molar-refractivity contribution is 5.96. The van der Waals surface area contributed by atoms with Crippen LogP contribution in [0.25, 0.3) is 0 Å². The van der Waals surface area contributed by atoms with Crippen LogP contribution in [0.4, 0.5) is 5.82 Å². The standard InChI is InChI=1S/C17H22N4O3/c1-12-15(13(2)24-20-12)16(22)19-10-17(23)7-5-9-21(11-17)14-6-3-4-8-18-14/h3-4,6,8,23H,5,7,9-11H2,1-2H3,(H,19,22)/t17-/m1/s1. The minimum atomic E-state index is -0.982. The van der Waals surface area contributed by atoms with Crippen molar-refractivity contribution in [3.05, 3.63) is 41.4 Å². The molecule has 2 aromatic rings. The summed E-state index contributed by atoms with van der Waals surface area (Å²) in [4.78, 5) is 18.7. The van der Waals surface area contributed by atoms with Crippen LogP contribution in [0.1, 0.15) is 34.7 Å². The van der Waals surface area contributed by atoms with Gasteiger partial charge in [-0.3, -0.25) is 4.79 Å². The van der Waals surface area contributed by atoms with E-state index < -0.39 is 5.60 Å². The fraction of sp³-hybridized carbons (Fsp3) is 0.471. The van der Waals surface area contributed by atoms with E-state index in [1.807, 2.05) is 23.1 Å². The molecule has 3 heterocycles. The van der Waals surface area contributed by atoms with Crippen LogP contribution in [-0.4, -0.2) is 46.4 Å². The normalized spacial score (nSPS) is 20.9. The molecule has 0 radical (unpaired) electrons. The summed E-state index contributed by atoms with van der Waals surface area (Å²) >= 11 is 0. The molecule has 0 spiro atoms. The second-order valence-corrected chi connectivity index (χ2v) is 6.32. The van der Waals surface area contributed by atoms with Gasteiger partial charge in [-0.25, -0.2) is 4.98 Å². The summed E-state index contributed by atoms with van der Waals surface area (Å²) in [5.74, 6) is 1.05. The van der Waals surface area contributed by atoms with Crippen LogP contribution in [0, 0.1) is 13.8 Å².